The van der Waals surface area contributed by atoms with E-state index in [2.05, 4.69) is 5.32 Å². The summed E-state index contributed by atoms with van der Waals surface area (Å²) in [4.78, 5) is 12.4. The Balaban J connectivity index is 1.91. The van der Waals surface area contributed by atoms with Crippen molar-refractivity contribution in [3.63, 3.8) is 0 Å². The highest BCUT2D eigenvalue weighted by molar-refractivity contribution is 7.92. The average molecular weight is 453 g/mol. The number of carbonyl (C=O) groups is 1. The molecule has 6 nitrogen and oxygen atoms in total. The topological polar surface area (TPSA) is 75.7 Å². The van der Waals surface area contributed by atoms with Crippen LogP contribution in [0.2, 0.25) is 5.02 Å². The fourth-order valence-corrected chi connectivity index (χ4v) is 4.17. The lowest BCUT2D eigenvalue weighted by molar-refractivity contribution is -0.119. The van der Waals surface area contributed by atoms with E-state index in [1.807, 2.05) is 38.1 Å². The van der Waals surface area contributed by atoms with Crippen molar-refractivity contribution in [1.82, 2.24) is 5.32 Å². The van der Waals surface area contributed by atoms with Crippen LogP contribution >= 0.6 is 11.6 Å². The summed E-state index contributed by atoms with van der Waals surface area (Å²) in [6.45, 7) is 5.89. The molecule has 0 aliphatic rings. The first-order chi connectivity index (χ1) is 14.1. The summed E-state index contributed by atoms with van der Waals surface area (Å²) in [5.74, 6) is 0.473. The summed E-state index contributed by atoms with van der Waals surface area (Å²) in [6, 6.07) is 12.8. The molecule has 8 heteroatoms. The third-order valence-corrected chi connectivity index (χ3v) is 5.71. The fourth-order valence-electron chi connectivity index (χ4n) is 3.03. The summed E-state index contributed by atoms with van der Waals surface area (Å²) in [5.41, 5.74) is 2.25. The zero-order chi connectivity index (χ0) is 22.3. The van der Waals surface area contributed by atoms with E-state index in [1.54, 1.807) is 25.1 Å². The highest BCUT2D eigenvalue weighted by Gasteiger charge is 2.22. The van der Waals surface area contributed by atoms with Gasteiger partial charge in [0.2, 0.25) is 15.9 Å². The minimum absolute atomic E-state index is 0.113. The zero-order valence-electron chi connectivity index (χ0n) is 17.8. The number of nitrogens with one attached hydrogen (secondary N) is 1. The van der Waals surface area contributed by atoms with Crippen LogP contribution in [0.25, 0.3) is 0 Å². The molecule has 2 aromatic carbocycles. The SMILES string of the molecule is Cc1cc(Cl)ccc1N(CC(=O)NCCCc1cccc(OC(C)C)c1)S(C)(=O)=O. The zero-order valence-corrected chi connectivity index (χ0v) is 19.4. The molecule has 1 amide bonds. The maximum Gasteiger partial charge on any atom is 0.240 e. The number of nitrogens with zero attached hydrogens (tertiary/aromatic N) is 1. The van der Waals surface area contributed by atoms with Crippen molar-refractivity contribution in [2.75, 3.05) is 23.7 Å². The van der Waals surface area contributed by atoms with Crippen LogP contribution in [-0.2, 0) is 21.2 Å². The van der Waals surface area contributed by atoms with E-state index in [0.29, 0.717) is 22.8 Å². The molecular weight excluding hydrogens is 424 g/mol. The maximum absolute atomic E-state index is 12.4. The van der Waals surface area contributed by atoms with E-state index < -0.39 is 10.0 Å². The molecule has 30 heavy (non-hydrogen) atoms. The van der Waals surface area contributed by atoms with Crippen LogP contribution in [0.3, 0.4) is 0 Å². The van der Waals surface area contributed by atoms with Crippen LogP contribution < -0.4 is 14.4 Å². The number of hydrogen-bond donors (Lipinski definition) is 1. The van der Waals surface area contributed by atoms with Gasteiger partial charge in [-0.1, -0.05) is 23.7 Å². The Morgan fingerprint density at radius 3 is 2.57 bits per heavy atom. The summed E-state index contributed by atoms with van der Waals surface area (Å²) >= 11 is 5.96. The molecule has 2 aromatic rings. The Morgan fingerprint density at radius 2 is 1.93 bits per heavy atom. The molecule has 0 radical (unpaired) electrons. The molecular formula is C22H29ClN2O4S. The van der Waals surface area contributed by atoms with Crippen molar-refractivity contribution in [3.8, 4) is 5.75 Å². The highest BCUT2D eigenvalue weighted by Crippen LogP contribution is 2.25. The second-order valence-corrected chi connectivity index (χ2v) is 9.81. The van der Waals surface area contributed by atoms with Crippen LogP contribution in [0.1, 0.15) is 31.4 Å². The minimum atomic E-state index is -3.62. The number of sulfonamides is 1. The number of ether oxygens (including phenoxy) is 1. The second-order valence-electron chi connectivity index (χ2n) is 7.47. The number of carbonyl (C=O) groups excluding carboxylic acids is 1. The lowest BCUT2D eigenvalue weighted by Gasteiger charge is -2.23. The Kier molecular flexibility index (Phi) is 8.55. The third-order valence-electron chi connectivity index (χ3n) is 4.35. The largest absolute Gasteiger partial charge is 0.491 e. The van der Waals surface area contributed by atoms with Gasteiger partial charge in [0.1, 0.15) is 12.3 Å². The first kappa shape index (κ1) is 24.0. The quantitative estimate of drug-likeness (QED) is 0.554. The van der Waals surface area contributed by atoms with Crippen molar-refractivity contribution in [2.45, 2.75) is 39.7 Å². The molecule has 0 saturated carbocycles. The summed E-state index contributed by atoms with van der Waals surface area (Å²) in [5, 5.41) is 3.31. The van der Waals surface area contributed by atoms with Crippen molar-refractivity contribution < 1.29 is 17.9 Å². The number of benzene rings is 2. The van der Waals surface area contributed by atoms with E-state index in [-0.39, 0.29) is 18.6 Å². The van der Waals surface area contributed by atoms with Gasteiger partial charge >= 0.3 is 0 Å². The standard InChI is InChI=1S/C22H29ClN2O4S/c1-16(2)29-20-9-5-7-18(14-20)8-6-12-24-22(26)15-25(30(4,27)28)21-11-10-19(23)13-17(21)3/h5,7,9-11,13-14,16H,6,8,12,15H2,1-4H3,(H,24,26). The molecule has 0 aromatic heterocycles. The van der Waals surface area contributed by atoms with Gasteiger partial charge in [0.15, 0.2) is 0 Å². The predicted molar refractivity (Wildman–Crippen MR) is 122 cm³/mol. The number of amides is 1. The van der Waals surface area contributed by atoms with Crippen LogP contribution in [0, 0.1) is 6.92 Å². The molecule has 0 spiro atoms. The van der Waals surface area contributed by atoms with Crippen LogP contribution in [0.5, 0.6) is 5.75 Å². The van der Waals surface area contributed by atoms with Crippen molar-refractivity contribution >= 4 is 33.2 Å². The molecule has 0 bridgehead atoms. The molecule has 0 atom stereocenters. The van der Waals surface area contributed by atoms with Crippen molar-refractivity contribution in [2.24, 2.45) is 0 Å². The number of halogens is 1. The Labute approximate surface area is 184 Å². The Hall–Kier alpha value is -2.25. The van der Waals surface area contributed by atoms with Gasteiger partial charge in [0.25, 0.3) is 0 Å². The lowest BCUT2D eigenvalue weighted by atomic mass is 10.1. The van der Waals surface area contributed by atoms with E-state index in [1.165, 1.54) is 0 Å². The summed E-state index contributed by atoms with van der Waals surface area (Å²) < 4.78 is 31.2. The van der Waals surface area contributed by atoms with E-state index in [4.69, 9.17) is 16.3 Å². The average Bonchev–Trinajstić information content (AvgIpc) is 2.63. The van der Waals surface area contributed by atoms with Crippen molar-refractivity contribution in [3.05, 3.63) is 58.6 Å². The number of hydrogen-bond acceptors (Lipinski definition) is 4. The first-order valence-corrected chi connectivity index (χ1v) is 12.0. The number of aryl methyl sites for hydroxylation is 2. The minimum Gasteiger partial charge on any atom is -0.491 e. The summed E-state index contributed by atoms with van der Waals surface area (Å²) in [6.07, 6.45) is 2.71. The number of anilines is 1. The molecule has 2 rings (SSSR count). The lowest BCUT2D eigenvalue weighted by Crippen LogP contribution is -2.41. The van der Waals surface area contributed by atoms with Crippen LogP contribution in [0.4, 0.5) is 5.69 Å². The summed E-state index contributed by atoms with van der Waals surface area (Å²) in [7, 11) is -3.62. The molecule has 0 unspecified atom stereocenters. The maximum atomic E-state index is 12.4. The monoisotopic (exact) mass is 452 g/mol. The third kappa shape index (κ3) is 7.54. The van der Waals surface area contributed by atoms with Crippen LogP contribution in [-0.4, -0.2) is 39.8 Å². The number of rotatable bonds is 10. The van der Waals surface area contributed by atoms with E-state index in [9.17, 15) is 13.2 Å². The fraction of sp³-hybridized carbons (Fsp3) is 0.409. The van der Waals surface area contributed by atoms with Gasteiger partial charge in [0.05, 0.1) is 18.0 Å². The normalized spacial score (nSPS) is 11.4. The van der Waals surface area contributed by atoms with Gasteiger partial charge in [-0.05, 0) is 75.1 Å². The molecule has 0 fully saturated rings. The van der Waals surface area contributed by atoms with Gasteiger partial charge < -0.3 is 10.1 Å². The van der Waals surface area contributed by atoms with Crippen LogP contribution in [0.15, 0.2) is 42.5 Å². The Bertz CT molecular complexity index is 977. The smallest absolute Gasteiger partial charge is 0.240 e. The predicted octanol–water partition coefficient (Wildman–Crippen LogP) is 3.95. The van der Waals surface area contributed by atoms with Gasteiger partial charge in [-0.15, -0.1) is 0 Å². The van der Waals surface area contributed by atoms with Crippen molar-refractivity contribution in [1.29, 1.82) is 0 Å². The second kappa shape index (κ2) is 10.7. The van der Waals surface area contributed by atoms with Gasteiger partial charge in [-0.2, -0.15) is 0 Å². The van der Waals surface area contributed by atoms with Gasteiger partial charge in [-0.25, -0.2) is 8.42 Å². The first-order valence-electron chi connectivity index (χ1n) is 9.82. The molecule has 164 valence electrons. The van der Waals surface area contributed by atoms with Gasteiger partial charge in [-0.3, -0.25) is 9.10 Å². The Morgan fingerprint density at radius 1 is 1.20 bits per heavy atom. The molecule has 0 saturated heterocycles. The van der Waals surface area contributed by atoms with Gasteiger partial charge in [0, 0.05) is 11.6 Å². The molecule has 0 aliphatic heterocycles. The van der Waals surface area contributed by atoms with E-state index in [0.717, 1.165) is 34.7 Å². The molecule has 1 N–H and O–H groups in total. The van der Waals surface area contributed by atoms with E-state index >= 15 is 0 Å². The highest BCUT2D eigenvalue weighted by atomic mass is 35.5. The molecule has 0 aliphatic carbocycles. The molecule has 0 heterocycles.